The molecule has 0 saturated heterocycles. The average molecular weight is 357 g/mol. The van der Waals surface area contributed by atoms with Gasteiger partial charge in [0.25, 0.3) is 0 Å². The van der Waals surface area contributed by atoms with Gasteiger partial charge in [-0.15, -0.1) is 0 Å². The highest BCUT2D eigenvalue weighted by Crippen LogP contribution is 2.27. The van der Waals surface area contributed by atoms with Crippen molar-refractivity contribution in [2.24, 2.45) is 0 Å². The average Bonchev–Trinajstić information content (AvgIpc) is 2.41. The van der Waals surface area contributed by atoms with Crippen LogP contribution in [0.2, 0.25) is 0 Å². The number of ether oxygens (including phenoxy) is 2. The first kappa shape index (κ1) is 12.9. The zero-order chi connectivity index (χ0) is 13.0. The zero-order valence-corrected chi connectivity index (χ0v) is 12.1. The van der Waals surface area contributed by atoms with Gasteiger partial charge >= 0.3 is 0 Å². The number of nitrogens with one attached hydrogen (secondary N) is 1. The van der Waals surface area contributed by atoms with Gasteiger partial charge in [-0.05, 0) is 22.6 Å². The number of aromatic nitrogens is 2. The Kier molecular flexibility index (Phi) is 4.19. The summed E-state index contributed by atoms with van der Waals surface area (Å²) in [4.78, 5) is 8.35. The van der Waals surface area contributed by atoms with E-state index in [0.29, 0.717) is 17.4 Å². The van der Waals surface area contributed by atoms with Gasteiger partial charge in [-0.1, -0.05) is 0 Å². The molecule has 0 unspecified atom stereocenters. The van der Waals surface area contributed by atoms with E-state index in [1.54, 1.807) is 32.7 Å². The molecule has 0 amide bonds. The molecule has 0 bridgehead atoms. The summed E-state index contributed by atoms with van der Waals surface area (Å²) in [6.45, 7) is 0. The fraction of sp³-hybridized carbons (Fsp3) is 0.167. The first-order valence-electron chi connectivity index (χ1n) is 5.19. The second-order valence-corrected chi connectivity index (χ2v) is 4.70. The summed E-state index contributed by atoms with van der Waals surface area (Å²) in [5, 5.41) is 3.10. The number of benzene rings is 1. The van der Waals surface area contributed by atoms with Crippen molar-refractivity contribution in [3.8, 4) is 11.5 Å². The van der Waals surface area contributed by atoms with Crippen LogP contribution < -0.4 is 14.8 Å². The summed E-state index contributed by atoms with van der Waals surface area (Å²) in [7, 11) is 3.22. The van der Waals surface area contributed by atoms with Crippen LogP contribution in [0.5, 0.6) is 11.5 Å². The van der Waals surface area contributed by atoms with Crippen molar-refractivity contribution in [2.45, 2.75) is 0 Å². The van der Waals surface area contributed by atoms with E-state index in [9.17, 15) is 0 Å². The fourth-order valence-electron chi connectivity index (χ4n) is 1.39. The molecule has 1 aromatic carbocycles. The molecule has 18 heavy (non-hydrogen) atoms. The van der Waals surface area contributed by atoms with E-state index in [1.165, 1.54) is 0 Å². The van der Waals surface area contributed by atoms with Crippen LogP contribution in [0.25, 0.3) is 0 Å². The molecule has 0 saturated carbocycles. The summed E-state index contributed by atoms with van der Waals surface area (Å²) in [5.74, 6) is 1.95. The number of hydrogen-bond acceptors (Lipinski definition) is 5. The van der Waals surface area contributed by atoms with E-state index in [0.717, 1.165) is 9.26 Å². The summed E-state index contributed by atoms with van der Waals surface area (Å²) in [6, 6.07) is 5.51. The second kappa shape index (κ2) is 5.85. The van der Waals surface area contributed by atoms with Crippen LogP contribution in [0.1, 0.15) is 0 Å². The molecule has 2 rings (SSSR count). The minimum atomic E-state index is 0.533. The van der Waals surface area contributed by atoms with Crippen LogP contribution in [0.15, 0.2) is 30.6 Å². The SMILES string of the molecule is COc1cc(Nc2ncc(I)cn2)cc(OC)c1. The van der Waals surface area contributed by atoms with Crippen molar-refractivity contribution in [1.29, 1.82) is 0 Å². The van der Waals surface area contributed by atoms with Crippen molar-refractivity contribution >= 4 is 34.2 Å². The van der Waals surface area contributed by atoms with Gasteiger partial charge in [0.2, 0.25) is 5.95 Å². The van der Waals surface area contributed by atoms with E-state index < -0.39 is 0 Å². The molecule has 1 N–H and O–H groups in total. The van der Waals surface area contributed by atoms with Crippen molar-refractivity contribution in [3.05, 3.63) is 34.2 Å². The maximum Gasteiger partial charge on any atom is 0.227 e. The quantitative estimate of drug-likeness (QED) is 0.853. The van der Waals surface area contributed by atoms with E-state index in [1.807, 2.05) is 12.1 Å². The highest BCUT2D eigenvalue weighted by molar-refractivity contribution is 14.1. The number of halogens is 1. The predicted octanol–water partition coefficient (Wildman–Crippen LogP) is 2.84. The number of hydrogen-bond donors (Lipinski definition) is 1. The van der Waals surface area contributed by atoms with Crippen LogP contribution in [-0.4, -0.2) is 24.2 Å². The van der Waals surface area contributed by atoms with E-state index in [4.69, 9.17) is 9.47 Å². The Balaban J connectivity index is 2.25. The van der Waals surface area contributed by atoms with Gasteiger partial charge in [-0.25, -0.2) is 9.97 Å². The Hall–Kier alpha value is -1.57. The van der Waals surface area contributed by atoms with Crippen LogP contribution in [0.3, 0.4) is 0 Å². The topological polar surface area (TPSA) is 56.3 Å². The lowest BCUT2D eigenvalue weighted by Crippen LogP contribution is -1.98. The zero-order valence-electron chi connectivity index (χ0n) is 9.98. The minimum absolute atomic E-state index is 0.533. The normalized spacial score (nSPS) is 9.94. The number of anilines is 2. The molecular weight excluding hydrogens is 345 g/mol. The fourth-order valence-corrected chi connectivity index (χ4v) is 1.66. The summed E-state index contributed by atoms with van der Waals surface area (Å²) < 4.78 is 11.4. The molecule has 0 spiro atoms. The Morgan fingerprint density at radius 1 is 1.00 bits per heavy atom. The molecular formula is C12H12IN3O2. The lowest BCUT2D eigenvalue weighted by molar-refractivity contribution is 0.395. The first-order chi connectivity index (χ1) is 8.71. The lowest BCUT2D eigenvalue weighted by atomic mass is 10.3. The third-order valence-electron chi connectivity index (χ3n) is 2.23. The molecule has 94 valence electrons. The second-order valence-electron chi connectivity index (χ2n) is 3.45. The Morgan fingerprint density at radius 2 is 1.56 bits per heavy atom. The number of rotatable bonds is 4. The van der Waals surface area contributed by atoms with Gasteiger partial charge in [-0.2, -0.15) is 0 Å². The van der Waals surface area contributed by atoms with Gasteiger partial charge in [-0.3, -0.25) is 0 Å². The van der Waals surface area contributed by atoms with Crippen LogP contribution in [-0.2, 0) is 0 Å². The van der Waals surface area contributed by atoms with Crippen LogP contribution >= 0.6 is 22.6 Å². The molecule has 1 aromatic heterocycles. The van der Waals surface area contributed by atoms with Gasteiger partial charge < -0.3 is 14.8 Å². The number of nitrogens with zero attached hydrogens (tertiary/aromatic N) is 2. The Morgan fingerprint density at radius 3 is 2.06 bits per heavy atom. The van der Waals surface area contributed by atoms with Gasteiger partial charge in [0, 0.05) is 39.9 Å². The molecule has 2 aromatic rings. The monoisotopic (exact) mass is 357 g/mol. The van der Waals surface area contributed by atoms with Gasteiger partial charge in [0.15, 0.2) is 0 Å². The predicted molar refractivity (Wildman–Crippen MR) is 77.6 cm³/mol. The molecule has 0 aliphatic heterocycles. The highest BCUT2D eigenvalue weighted by Gasteiger charge is 2.03. The molecule has 0 fully saturated rings. The van der Waals surface area contributed by atoms with E-state index in [2.05, 4.69) is 37.9 Å². The molecule has 1 heterocycles. The highest BCUT2D eigenvalue weighted by atomic mass is 127. The number of methoxy groups -OCH3 is 2. The first-order valence-corrected chi connectivity index (χ1v) is 6.27. The summed E-state index contributed by atoms with van der Waals surface area (Å²) in [6.07, 6.45) is 3.49. The van der Waals surface area contributed by atoms with Crippen molar-refractivity contribution < 1.29 is 9.47 Å². The van der Waals surface area contributed by atoms with Crippen LogP contribution in [0.4, 0.5) is 11.6 Å². The molecule has 0 aliphatic rings. The van der Waals surface area contributed by atoms with Gasteiger partial charge in [0.1, 0.15) is 11.5 Å². The Labute approximate surface area is 119 Å². The smallest absolute Gasteiger partial charge is 0.227 e. The van der Waals surface area contributed by atoms with Gasteiger partial charge in [0.05, 0.1) is 14.2 Å². The molecule has 0 atom stereocenters. The maximum absolute atomic E-state index is 5.19. The molecule has 0 aliphatic carbocycles. The van der Waals surface area contributed by atoms with Crippen LogP contribution in [0, 0.1) is 3.57 Å². The lowest BCUT2D eigenvalue weighted by Gasteiger charge is -2.09. The molecule has 5 nitrogen and oxygen atoms in total. The summed E-state index contributed by atoms with van der Waals surface area (Å²) in [5.41, 5.74) is 0.812. The third-order valence-corrected chi connectivity index (χ3v) is 2.78. The molecule has 6 heteroatoms. The Bertz CT molecular complexity index is 509. The maximum atomic E-state index is 5.19. The summed E-state index contributed by atoms with van der Waals surface area (Å²) >= 11 is 2.16. The van der Waals surface area contributed by atoms with Crippen molar-refractivity contribution in [2.75, 3.05) is 19.5 Å². The van der Waals surface area contributed by atoms with E-state index >= 15 is 0 Å². The molecule has 0 radical (unpaired) electrons. The van der Waals surface area contributed by atoms with E-state index in [-0.39, 0.29) is 0 Å². The van der Waals surface area contributed by atoms with Crippen molar-refractivity contribution in [3.63, 3.8) is 0 Å². The third kappa shape index (κ3) is 3.22. The van der Waals surface area contributed by atoms with Crippen molar-refractivity contribution in [1.82, 2.24) is 9.97 Å². The largest absolute Gasteiger partial charge is 0.497 e. The standard InChI is InChI=1S/C12H12IN3O2/c1-17-10-3-9(4-11(5-10)18-2)16-12-14-6-8(13)7-15-12/h3-7H,1-2H3,(H,14,15,16). The minimum Gasteiger partial charge on any atom is -0.497 e.